The van der Waals surface area contributed by atoms with E-state index in [2.05, 4.69) is 4.99 Å². The van der Waals surface area contributed by atoms with E-state index in [9.17, 15) is 14.0 Å². The summed E-state index contributed by atoms with van der Waals surface area (Å²) < 4.78 is 20.1. The molecule has 0 N–H and O–H groups in total. The smallest absolute Gasteiger partial charge is 0.328 e. The summed E-state index contributed by atoms with van der Waals surface area (Å²) in [5, 5.41) is 0.152. The van der Waals surface area contributed by atoms with Gasteiger partial charge in [-0.05, 0) is 12.1 Å². The van der Waals surface area contributed by atoms with Crippen molar-refractivity contribution >= 4 is 35.3 Å². The maximum atomic E-state index is 14.3. The highest BCUT2D eigenvalue weighted by Gasteiger charge is 2.54. The highest BCUT2D eigenvalue weighted by Crippen LogP contribution is 2.36. The molecule has 7 nitrogen and oxygen atoms in total. The molecule has 0 aromatic heterocycles. The Kier molecular flexibility index (Phi) is 4.25. The predicted octanol–water partition coefficient (Wildman–Crippen LogP) is 3.27. The second-order valence-electron chi connectivity index (χ2n) is 7.16. The number of nitrogens with zero attached hydrogens (tertiary/aromatic N) is 4. The molecule has 2 aromatic rings. The van der Waals surface area contributed by atoms with Crippen LogP contribution in [0, 0.1) is 5.82 Å². The highest BCUT2D eigenvalue weighted by molar-refractivity contribution is 6.31. The first-order valence-electron chi connectivity index (χ1n) is 9.28. The third kappa shape index (κ3) is 2.75. The zero-order valence-corrected chi connectivity index (χ0v) is 16.6. The number of amides is 3. The van der Waals surface area contributed by atoms with Crippen LogP contribution in [0.5, 0.6) is 0 Å². The van der Waals surface area contributed by atoms with Gasteiger partial charge in [-0.2, -0.15) is 0 Å². The summed E-state index contributed by atoms with van der Waals surface area (Å²) in [5.41, 5.74) is 0.930. The van der Waals surface area contributed by atoms with Gasteiger partial charge in [0.25, 0.3) is 11.9 Å². The summed E-state index contributed by atoms with van der Waals surface area (Å²) in [6.45, 7) is -0.268. The van der Waals surface area contributed by atoms with E-state index in [4.69, 9.17) is 16.3 Å². The van der Waals surface area contributed by atoms with Crippen molar-refractivity contribution in [1.82, 2.24) is 14.7 Å². The van der Waals surface area contributed by atoms with Crippen LogP contribution in [0.2, 0.25) is 5.02 Å². The van der Waals surface area contributed by atoms with E-state index in [1.807, 2.05) is 30.3 Å². The van der Waals surface area contributed by atoms with Gasteiger partial charge in [0.2, 0.25) is 0 Å². The van der Waals surface area contributed by atoms with Crippen LogP contribution in [0.4, 0.5) is 9.18 Å². The number of carbonyl (C=O) groups excluding carboxylic acids is 2. The molecule has 5 rings (SSSR count). The van der Waals surface area contributed by atoms with Crippen LogP contribution in [0.3, 0.4) is 0 Å². The van der Waals surface area contributed by atoms with Crippen molar-refractivity contribution in [1.29, 1.82) is 0 Å². The van der Waals surface area contributed by atoms with Crippen molar-refractivity contribution in [3.63, 3.8) is 0 Å². The molecule has 1 fully saturated rings. The SMILES string of the molecule is CN1C(=O)N(Cc2c(F)cccc2Cl)C(=O)C2C1N=C1OC(c3ccccc3)=CN12. The minimum Gasteiger partial charge on any atom is -0.423 e. The van der Waals surface area contributed by atoms with E-state index in [0.717, 1.165) is 10.5 Å². The summed E-state index contributed by atoms with van der Waals surface area (Å²) in [7, 11) is 1.55. The van der Waals surface area contributed by atoms with Crippen molar-refractivity contribution in [2.45, 2.75) is 18.8 Å². The number of hydrogen-bond donors (Lipinski definition) is 0. The fourth-order valence-corrected chi connectivity index (χ4v) is 4.03. The van der Waals surface area contributed by atoms with Gasteiger partial charge in [0.15, 0.2) is 18.0 Å². The summed E-state index contributed by atoms with van der Waals surface area (Å²) in [4.78, 5) is 34.5. The third-order valence-corrected chi connectivity index (χ3v) is 5.74. The Balaban J connectivity index is 1.47. The molecular weight excluding hydrogens is 411 g/mol. The van der Waals surface area contributed by atoms with Crippen molar-refractivity contribution in [3.8, 4) is 0 Å². The van der Waals surface area contributed by atoms with Crippen LogP contribution in [-0.2, 0) is 16.1 Å². The standard InChI is InChI=1S/C21H16ClFN4O3/c1-25-18-17(26-11-16(30-20(26)24-18)12-6-3-2-4-7-12)19(28)27(21(25)29)10-13-14(22)8-5-9-15(13)23/h2-9,11,17-18H,10H2,1H3. The van der Waals surface area contributed by atoms with Crippen LogP contribution in [-0.4, -0.2) is 51.9 Å². The Morgan fingerprint density at radius 3 is 2.63 bits per heavy atom. The predicted molar refractivity (Wildman–Crippen MR) is 107 cm³/mol. The molecule has 1 saturated heterocycles. The molecule has 0 radical (unpaired) electrons. The molecule has 3 amide bonds. The number of carbonyl (C=O) groups is 2. The lowest BCUT2D eigenvalue weighted by atomic mass is 10.1. The van der Waals surface area contributed by atoms with E-state index in [-0.39, 0.29) is 23.2 Å². The molecule has 30 heavy (non-hydrogen) atoms. The van der Waals surface area contributed by atoms with Gasteiger partial charge >= 0.3 is 6.03 Å². The van der Waals surface area contributed by atoms with E-state index >= 15 is 0 Å². The van der Waals surface area contributed by atoms with Crippen molar-refractivity contribution < 1.29 is 18.7 Å². The maximum Gasteiger partial charge on any atom is 0.328 e. The first-order chi connectivity index (χ1) is 14.5. The Morgan fingerprint density at radius 2 is 1.90 bits per heavy atom. The second-order valence-corrected chi connectivity index (χ2v) is 7.56. The molecule has 0 spiro atoms. The summed E-state index contributed by atoms with van der Waals surface area (Å²) in [6, 6.07) is 12.5. The maximum absolute atomic E-state index is 14.3. The Hall–Kier alpha value is -3.39. The number of halogens is 2. The number of fused-ring (bicyclic) bond motifs is 3. The van der Waals surface area contributed by atoms with E-state index in [1.54, 1.807) is 18.1 Å². The molecule has 3 aliphatic rings. The van der Waals surface area contributed by atoms with Crippen LogP contribution < -0.4 is 0 Å². The van der Waals surface area contributed by atoms with Gasteiger partial charge in [-0.15, -0.1) is 0 Å². The molecule has 3 heterocycles. The number of urea groups is 1. The number of imide groups is 1. The number of benzene rings is 2. The Morgan fingerprint density at radius 1 is 1.13 bits per heavy atom. The van der Waals surface area contributed by atoms with Crippen LogP contribution in [0.1, 0.15) is 11.1 Å². The average molecular weight is 427 g/mol. The van der Waals surface area contributed by atoms with Crippen LogP contribution in [0.25, 0.3) is 5.76 Å². The lowest BCUT2D eigenvalue weighted by molar-refractivity contribution is -0.137. The number of hydrogen-bond acceptors (Lipinski definition) is 5. The Labute approximate surface area is 176 Å². The molecule has 0 aliphatic carbocycles. The summed E-state index contributed by atoms with van der Waals surface area (Å²) in [5.74, 6) is -0.508. The fraction of sp³-hybridized carbons (Fsp3) is 0.190. The van der Waals surface area contributed by atoms with Gasteiger partial charge in [0.05, 0.1) is 12.7 Å². The third-order valence-electron chi connectivity index (χ3n) is 5.39. The van der Waals surface area contributed by atoms with Gasteiger partial charge in [-0.1, -0.05) is 48.0 Å². The molecule has 2 aromatic carbocycles. The molecule has 2 unspecified atom stereocenters. The zero-order chi connectivity index (χ0) is 21.0. The van der Waals surface area contributed by atoms with Gasteiger partial charge in [-0.25, -0.2) is 14.2 Å². The lowest BCUT2D eigenvalue weighted by Gasteiger charge is -2.39. The van der Waals surface area contributed by atoms with Gasteiger partial charge in [-0.3, -0.25) is 14.6 Å². The van der Waals surface area contributed by atoms with Gasteiger partial charge in [0.1, 0.15) is 5.82 Å². The zero-order valence-electron chi connectivity index (χ0n) is 15.8. The summed E-state index contributed by atoms with van der Waals surface area (Å²) in [6.07, 6.45) is 0.982. The first-order valence-corrected chi connectivity index (χ1v) is 9.66. The van der Waals surface area contributed by atoms with Crippen molar-refractivity contribution in [3.05, 3.63) is 76.7 Å². The first kappa shape index (κ1) is 18.6. The van der Waals surface area contributed by atoms with Gasteiger partial charge in [0, 0.05) is 23.2 Å². The number of aliphatic imine (C=N–C) groups is 1. The number of ether oxygens (including phenoxy) is 1. The number of likely N-dealkylation sites (N-methyl/N-ethyl adjacent to an activating group) is 1. The van der Waals surface area contributed by atoms with E-state index < -0.39 is 30.0 Å². The molecule has 0 bridgehead atoms. The minimum absolute atomic E-state index is 0.0880. The minimum atomic E-state index is -0.797. The molecular formula is C21H16ClFN4O3. The second kappa shape index (κ2) is 6.84. The normalized spacial score (nSPS) is 22.6. The monoisotopic (exact) mass is 426 g/mol. The summed E-state index contributed by atoms with van der Waals surface area (Å²) >= 11 is 6.10. The largest absolute Gasteiger partial charge is 0.423 e. The van der Waals surface area contributed by atoms with Crippen molar-refractivity contribution in [2.75, 3.05) is 7.05 Å². The lowest BCUT2D eigenvalue weighted by Crippen LogP contribution is -2.63. The topological polar surface area (TPSA) is 65.5 Å². The fourth-order valence-electron chi connectivity index (χ4n) is 3.80. The number of rotatable bonds is 3. The molecule has 3 aliphatic heterocycles. The van der Waals surface area contributed by atoms with E-state index in [1.165, 1.54) is 23.1 Å². The van der Waals surface area contributed by atoms with Crippen molar-refractivity contribution in [2.24, 2.45) is 4.99 Å². The molecule has 2 atom stereocenters. The van der Waals surface area contributed by atoms with E-state index in [0.29, 0.717) is 5.76 Å². The van der Waals surface area contributed by atoms with Crippen LogP contribution >= 0.6 is 11.6 Å². The quantitative estimate of drug-likeness (QED) is 0.755. The van der Waals surface area contributed by atoms with Crippen LogP contribution in [0.15, 0.2) is 59.7 Å². The van der Waals surface area contributed by atoms with Gasteiger partial charge < -0.3 is 9.64 Å². The average Bonchev–Trinajstić information content (AvgIpc) is 3.30. The molecule has 9 heteroatoms. The Bertz CT molecular complexity index is 1100. The number of amidine groups is 1. The highest BCUT2D eigenvalue weighted by atomic mass is 35.5. The molecule has 0 saturated carbocycles. The molecule has 152 valence electrons.